The van der Waals surface area contributed by atoms with Gasteiger partial charge < -0.3 is 10.4 Å². The molecule has 1 radical (unpaired) electrons. The third-order valence-corrected chi connectivity index (χ3v) is 1.46. The second kappa shape index (κ2) is 19.0. The van der Waals surface area contributed by atoms with Crippen LogP contribution in [0.25, 0.3) is 0 Å². The molecule has 0 aromatic carbocycles. The van der Waals surface area contributed by atoms with Crippen molar-refractivity contribution in [3.8, 4) is 0 Å². The maximum atomic E-state index is 8.36. The first-order valence-electron chi connectivity index (χ1n) is 5.13. The minimum absolute atomic E-state index is 0. The first-order chi connectivity index (χ1) is 11.3. The topological polar surface area (TPSA) is 224 Å². The number of hydrogen-bond donors (Lipinski definition) is 6. The van der Waals surface area contributed by atoms with E-state index in [2.05, 4.69) is 42.1 Å². The third-order valence-electron chi connectivity index (χ3n) is 1.10. The Balaban J connectivity index is -0.000000454. The Hall–Kier alpha value is -3.02. The summed E-state index contributed by atoms with van der Waals surface area (Å²) >= 11 is 9.65. The van der Waals surface area contributed by atoms with Crippen molar-refractivity contribution in [3.05, 3.63) is 20.2 Å². The Morgan fingerprint density at radius 1 is 0.760 bits per heavy atom. The molecule has 141 valence electrons. The molecule has 1 aliphatic rings. The average molecular weight is 446 g/mol. The number of thiocarbonyl (C=S) groups is 2. The van der Waals surface area contributed by atoms with E-state index in [-0.39, 0.29) is 27.3 Å². The van der Waals surface area contributed by atoms with Crippen LogP contribution < -0.4 is 21.7 Å². The Labute approximate surface area is 159 Å². The zero-order valence-electron chi connectivity index (χ0n) is 11.6. The molecule has 0 bridgehead atoms. The van der Waals surface area contributed by atoms with Gasteiger partial charge in [-0.3, -0.25) is 21.7 Å². The summed E-state index contributed by atoms with van der Waals surface area (Å²) in [7, 11) is 0. The summed E-state index contributed by atoms with van der Waals surface area (Å²) in [4.78, 5) is 16.7. The summed E-state index contributed by atoms with van der Waals surface area (Å²) in [5.41, 5.74) is 10.0. The van der Waals surface area contributed by atoms with E-state index in [1.165, 1.54) is 24.9 Å². The quantitative estimate of drug-likeness (QED) is 0.105. The fraction of sp³-hybridized carbons (Fsp3) is 0. The van der Waals surface area contributed by atoms with E-state index in [9.17, 15) is 0 Å². The molecular weight excluding hydrogens is 436 g/mol. The fourth-order valence-electron chi connectivity index (χ4n) is 0.567. The normalized spacial score (nSPS) is 17.8. The predicted molar refractivity (Wildman–Crippen MR) is 89.3 cm³/mol. The van der Waals surface area contributed by atoms with Crippen LogP contribution in [0.1, 0.15) is 0 Å². The van der Waals surface area contributed by atoms with Gasteiger partial charge in [0.05, 0.1) is 24.9 Å². The maximum Gasteiger partial charge on any atom is 2.00 e. The summed E-state index contributed by atoms with van der Waals surface area (Å²) in [6, 6.07) is 0. The van der Waals surface area contributed by atoms with Crippen LogP contribution in [0.2, 0.25) is 0 Å². The van der Waals surface area contributed by atoms with Gasteiger partial charge in [-0.1, -0.05) is 0 Å². The molecule has 0 spiro atoms. The van der Waals surface area contributed by atoms with E-state index in [4.69, 9.17) is 55.1 Å². The number of hydrazone groups is 4. The largest absolute Gasteiger partial charge is 2.00 e. The van der Waals surface area contributed by atoms with Crippen molar-refractivity contribution in [1.29, 1.82) is 0 Å². The summed E-state index contributed by atoms with van der Waals surface area (Å²) in [5, 5.41) is 42.7. The number of rotatable bonds is 0. The van der Waals surface area contributed by atoms with Gasteiger partial charge in [0.15, 0.2) is 0 Å². The Morgan fingerprint density at radius 2 is 0.920 bits per heavy atom. The zero-order chi connectivity index (χ0) is 18.8. The second-order valence-corrected chi connectivity index (χ2v) is 3.51. The molecule has 6 N–H and O–H groups in total. The minimum atomic E-state index is -1.50. The van der Waals surface area contributed by atoms with Crippen molar-refractivity contribution in [3.63, 3.8) is 0 Å². The summed E-state index contributed by atoms with van der Waals surface area (Å²) < 4.78 is 0. The van der Waals surface area contributed by atoms with Crippen LogP contribution in [0.4, 0.5) is 0 Å². The Kier molecular flexibility index (Phi) is 20.4. The Morgan fingerprint density at radius 3 is 1.08 bits per heavy atom. The van der Waals surface area contributed by atoms with Gasteiger partial charge in [0.2, 0.25) is 10.2 Å². The van der Waals surface area contributed by atoms with Crippen LogP contribution in [0, 0.1) is 20.2 Å². The van der Waals surface area contributed by atoms with Gasteiger partial charge in [0, 0.05) is 0 Å². The van der Waals surface area contributed by atoms with Crippen LogP contribution in [0.5, 0.6) is 0 Å². The fourth-order valence-corrected chi connectivity index (χ4v) is 0.778. The SMILES string of the molecule is O=[N+]([O-])O.O=[N+]([O-])O.S=C1N/N=C\C=N\NC(=S)N/N=C\C=N\N1.[Cu+2]. The zero-order valence-corrected chi connectivity index (χ0v) is 14.2. The molecule has 0 aliphatic carbocycles. The molecule has 25 heavy (non-hydrogen) atoms. The standard InChI is InChI=1S/C6H8N8S2.Cu.2HNO3/c15-5-11-7-1-2-8-12-6(16)14-10-4-3-9-13-5;;2*2-1(3)4/h1-4H,(H2,11,13,15)(H2,12,14,16);;2*(H,2,3,4)/q;+2;;/b7-1-,8-2+,9-3+,10-4-;;;. The minimum Gasteiger partial charge on any atom is -0.328 e. The first kappa shape index (κ1) is 26.9. The summed E-state index contributed by atoms with van der Waals surface area (Å²) in [6.45, 7) is 0. The molecule has 0 atom stereocenters. The molecule has 0 aromatic heterocycles. The van der Waals surface area contributed by atoms with Crippen molar-refractivity contribution in [2.45, 2.75) is 0 Å². The second-order valence-electron chi connectivity index (χ2n) is 2.69. The van der Waals surface area contributed by atoms with E-state index >= 15 is 0 Å². The predicted octanol–water partition coefficient (Wildman–Crippen LogP) is -1.83. The van der Waals surface area contributed by atoms with E-state index in [0.717, 1.165) is 0 Å². The van der Waals surface area contributed by atoms with Crippen molar-refractivity contribution < 1.29 is 37.7 Å². The molecular formula is C6H10CuN10O6S2+2. The van der Waals surface area contributed by atoms with Crippen LogP contribution >= 0.6 is 24.4 Å². The molecule has 0 aromatic rings. The number of nitrogens with zero attached hydrogens (tertiary/aromatic N) is 6. The van der Waals surface area contributed by atoms with Gasteiger partial charge in [-0.15, -0.1) is 20.2 Å². The molecule has 1 rings (SSSR count). The van der Waals surface area contributed by atoms with Crippen molar-refractivity contribution in [2.75, 3.05) is 0 Å². The molecule has 1 aliphatic heterocycles. The molecule has 1 heterocycles. The Bertz CT molecular complexity index is 466. The maximum absolute atomic E-state index is 8.36. The monoisotopic (exact) mass is 445 g/mol. The van der Waals surface area contributed by atoms with Crippen molar-refractivity contribution in [2.24, 2.45) is 20.4 Å². The van der Waals surface area contributed by atoms with Crippen molar-refractivity contribution >= 4 is 59.5 Å². The molecule has 0 saturated carbocycles. The summed E-state index contributed by atoms with van der Waals surface area (Å²) in [6.07, 6.45) is 5.56. The van der Waals surface area contributed by atoms with Crippen molar-refractivity contribution in [1.82, 2.24) is 21.7 Å². The van der Waals surface area contributed by atoms with Gasteiger partial charge in [0.1, 0.15) is 0 Å². The van der Waals surface area contributed by atoms with Gasteiger partial charge in [0.25, 0.3) is 10.2 Å². The molecule has 19 heteroatoms. The van der Waals surface area contributed by atoms with Crippen LogP contribution in [0.3, 0.4) is 0 Å². The smallest absolute Gasteiger partial charge is 0.328 e. The van der Waals surface area contributed by atoms with E-state index < -0.39 is 10.2 Å². The van der Waals surface area contributed by atoms with Gasteiger partial charge >= 0.3 is 17.1 Å². The van der Waals surface area contributed by atoms with E-state index in [1.807, 2.05) is 0 Å². The first-order valence-corrected chi connectivity index (χ1v) is 5.95. The van der Waals surface area contributed by atoms with Gasteiger partial charge in [-0.2, -0.15) is 20.4 Å². The van der Waals surface area contributed by atoms with Crippen LogP contribution in [-0.4, -0.2) is 55.7 Å². The number of hydrogen-bond acceptors (Lipinski definition) is 10. The average Bonchev–Trinajstić information content (AvgIpc) is 2.44. The molecule has 0 amide bonds. The van der Waals surface area contributed by atoms with Crippen LogP contribution in [-0.2, 0) is 17.1 Å². The molecule has 0 fully saturated rings. The summed E-state index contributed by atoms with van der Waals surface area (Å²) in [5.74, 6) is 0. The van der Waals surface area contributed by atoms with Gasteiger partial charge in [-0.25, -0.2) is 0 Å². The third kappa shape index (κ3) is 33.7. The molecule has 0 unspecified atom stereocenters. The van der Waals surface area contributed by atoms with E-state index in [1.54, 1.807) is 0 Å². The van der Waals surface area contributed by atoms with E-state index in [0.29, 0.717) is 0 Å². The molecule has 16 nitrogen and oxygen atoms in total. The molecule has 0 saturated heterocycles. The van der Waals surface area contributed by atoms with Gasteiger partial charge in [-0.05, 0) is 24.4 Å². The van der Waals surface area contributed by atoms with Crippen LogP contribution in [0.15, 0.2) is 20.4 Å². The number of nitrogens with one attached hydrogen (secondary N) is 4.